The molecule has 0 saturated carbocycles. The molecular weight excluding hydrogens is 597 g/mol. The smallest absolute Gasteiger partial charge is 0.412 e. The number of benzene rings is 3. The van der Waals surface area contributed by atoms with Crippen molar-refractivity contribution in [3.8, 4) is 16.9 Å². The fraction of sp³-hybridized carbons (Fsp3) is 0.424. The number of rotatable bonds is 18. The predicted octanol–water partition coefficient (Wildman–Crippen LogP) is 10.3. The van der Waals surface area contributed by atoms with Gasteiger partial charge in [-0.25, -0.2) is 0 Å². The van der Waals surface area contributed by atoms with E-state index < -0.39 is 49.6 Å². The SMILES string of the molecule is CCCCCCCCOc1ccc(-c2ccc(C(=O)Nc3ccccc3C(F)(F)C(F)(F)P(=O)(OCC)OCC)cc2)cc1. The zero-order chi connectivity index (χ0) is 32.2. The lowest BCUT2D eigenvalue weighted by Crippen LogP contribution is -2.39. The zero-order valence-corrected chi connectivity index (χ0v) is 26.2. The molecule has 0 radical (unpaired) electrons. The van der Waals surface area contributed by atoms with Gasteiger partial charge in [-0.05, 0) is 61.7 Å². The minimum atomic E-state index is -5.58. The van der Waals surface area contributed by atoms with Crippen LogP contribution in [0.4, 0.5) is 23.2 Å². The van der Waals surface area contributed by atoms with Crippen molar-refractivity contribution in [2.45, 2.75) is 70.9 Å². The molecule has 3 rings (SSSR count). The Labute approximate surface area is 256 Å². The Bertz CT molecular complexity index is 1370. The molecule has 11 heteroatoms. The van der Waals surface area contributed by atoms with Gasteiger partial charge in [0.2, 0.25) is 0 Å². The van der Waals surface area contributed by atoms with Crippen molar-refractivity contribution in [2.24, 2.45) is 0 Å². The molecule has 0 spiro atoms. The van der Waals surface area contributed by atoms with Gasteiger partial charge in [0.25, 0.3) is 5.91 Å². The van der Waals surface area contributed by atoms with Gasteiger partial charge in [-0.1, -0.05) is 81.5 Å². The number of hydrogen-bond acceptors (Lipinski definition) is 5. The summed E-state index contributed by atoms with van der Waals surface area (Å²) in [4.78, 5) is 13.0. The van der Waals surface area contributed by atoms with Crippen molar-refractivity contribution in [2.75, 3.05) is 25.1 Å². The first-order chi connectivity index (χ1) is 21.0. The van der Waals surface area contributed by atoms with E-state index in [-0.39, 0.29) is 5.56 Å². The summed E-state index contributed by atoms with van der Waals surface area (Å²) in [5.74, 6) is -5.04. The molecular formula is C33H40F4NO5P. The number of nitrogens with one attached hydrogen (secondary N) is 1. The number of amides is 1. The van der Waals surface area contributed by atoms with E-state index in [0.29, 0.717) is 6.61 Å². The summed E-state index contributed by atoms with van der Waals surface area (Å²) < 4.78 is 88.6. The van der Waals surface area contributed by atoms with Gasteiger partial charge in [0.15, 0.2) is 0 Å². The highest BCUT2D eigenvalue weighted by Gasteiger charge is 2.71. The van der Waals surface area contributed by atoms with E-state index in [2.05, 4.69) is 21.3 Å². The molecule has 0 aliphatic heterocycles. The number of anilines is 1. The highest BCUT2D eigenvalue weighted by atomic mass is 31.2. The molecule has 0 atom stereocenters. The van der Waals surface area contributed by atoms with E-state index in [1.54, 1.807) is 12.1 Å². The topological polar surface area (TPSA) is 73.9 Å². The third kappa shape index (κ3) is 8.49. The molecule has 1 N–H and O–H groups in total. The molecule has 3 aromatic rings. The van der Waals surface area contributed by atoms with E-state index in [4.69, 9.17) is 4.74 Å². The van der Waals surface area contributed by atoms with Crippen molar-refractivity contribution >= 4 is 19.2 Å². The minimum absolute atomic E-state index is 0.117. The molecule has 44 heavy (non-hydrogen) atoms. The molecule has 0 aliphatic carbocycles. The van der Waals surface area contributed by atoms with Crippen LogP contribution >= 0.6 is 7.60 Å². The number of para-hydroxylation sites is 1. The van der Waals surface area contributed by atoms with Crippen molar-refractivity contribution < 1.29 is 40.7 Å². The summed E-state index contributed by atoms with van der Waals surface area (Å²) in [6.45, 7) is 4.25. The first-order valence-electron chi connectivity index (χ1n) is 14.9. The Hall–Kier alpha value is -3.20. The van der Waals surface area contributed by atoms with E-state index in [0.717, 1.165) is 47.9 Å². The quantitative estimate of drug-likeness (QED) is 0.0854. The predicted molar refractivity (Wildman–Crippen MR) is 165 cm³/mol. The lowest BCUT2D eigenvalue weighted by molar-refractivity contribution is -0.177. The first kappa shape index (κ1) is 35.3. The third-order valence-electron chi connectivity index (χ3n) is 6.93. The van der Waals surface area contributed by atoms with Gasteiger partial charge in [-0.3, -0.25) is 9.36 Å². The van der Waals surface area contributed by atoms with Crippen molar-refractivity contribution in [3.05, 3.63) is 83.9 Å². The minimum Gasteiger partial charge on any atom is -0.494 e. The number of carbonyl (C=O) groups is 1. The Morgan fingerprint density at radius 3 is 1.89 bits per heavy atom. The summed E-state index contributed by atoms with van der Waals surface area (Å²) in [5.41, 5.74) is -5.21. The molecule has 0 bridgehead atoms. The molecule has 240 valence electrons. The summed E-state index contributed by atoms with van der Waals surface area (Å²) >= 11 is 0. The standard InChI is InChI=1S/C33H40F4NO5P/c1-4-7-8-9-10-13-24-41-28-22-20-26(21-23-28)25-16-18-27(19-17-25)31(39)38-30-15-12-11-14-29(30)32(34,35)33(36,37)44(40,42-5-2)43-6-3/h11-12,14-23H,4-10,13,24H2,1-3H3,(H,38,39). The second-order valence-electron chi connectivity index (χ2n) is 10.2. The zero-order valence-electron chi connectivity index (χ0n) is 25.3. The maximum absolute atomic E-state index is 15.4. The van der Waals surface area contributed by atoms with Crippen LogP contribution in [0.5, 0.6) is 5.75 Å². The van der Waals surface area contributed by atoms with Gasteiger partial charge < -0.3 is 19.1 Å². The monoisotopic (exact) mass is 637 g/mol. The highest BCUT2D eigenvalue weighted by Crippen LogP contribution is 2.69. The largest absolute Gasteiger partial charge is 0.494 e. The molecule has 1 amide bonds. The van der Waals surface area contributed by atoms with Gasteiger partial charge in [0.1, 0.15) is 5.75 Å². The van der Waals surface area contributed by atoms with Crippen LogP contribution in [0, 0.1) is 0 Å². The summed E-state index contributed by atoms with van der Waals surface area (Å²) in [7, 11) is -5.58. The van der Waals surface area contributed by atoms with Crippen LogP contribution in [0.2, 0.25) is 0 Å². The van der Waals surface area contributed by atoms with Crippen molar-refractivity contribution in [3.63, 3.8) is 0 Å². The first-order valence-corrected chi connectivity index (χ1v) is 16.4. The average Bonchev–Trinajstić information content (AvgIpc) is 3.01. The van der Waals surface area contributed by atoms with Gasteiger partial charge >= 0.3 is 19.2 Å². The maximum atomic E-state index is 15.4. The van der Waals surface area contributed by atoms with Gasteiger partial charge in [0.05, 0.1) is 31.1 Å². The fourth-order valence-electron chi connectivity index (χ4n) is 4.56. The molecule has 0 saturated heterocycles. The average molecular weight is 638 g/mol. The van der Waals surface area contributed by atoms with Crippen LogP contribution in [-0.2, 0) is 19.5 Å². The lowest BCUT2D eigenvalue weighted by atomic mass is 10.0. The fourth-order valence-corrected chi connectivity index (χ4v) is 6.11. The Balaban J connectivity index is 1.69. The number of carbonyl (C=O) groups excluding carboxylic acids is 1. The number of ether oxygens (including phenoxy) is 1. The van der Waals surface area contributed by atoms with E-state index in [1.807, 2.05) is 24.3 Å². The van der Waals surface area contributed by atoms with Crippen LogP contribution in [-0.4, -0.2) is 31.4 Å². The molecule has 6 nitrogen and oxygen atoms in total. The lowest BCUT2D eigenvalue weighted by Gasteiger charge is -2.32. The normalized spacial score (nSPS) is 12.2. The molecule has 0 unspecified atom stereocenters. The van der Waals surface area contributed by atoms with Gasteiger partial charge in [-0.15, -0.1) is 0 Å². The Morgan fingerprint density at radius 1 is 0.750 bits per heavy atom. The third-order valence-corrected chi connectivity index (χ3v) is 9.10. The molecule has 0 heterocycles. The van der Waals surface area contributed by atoms with Crippen LogP contribution < -0.4 is 10.1 Å². The van der Waals surface area contributed by atoms with Crippen LogP contribution in [0.3, 0.4) is 0 Å². The number of unbranched alkanes of at least 4 members (excludes halogenated alkanes) is 5. The van der Waals surface area contributed by atoms with Crippen LogP contribution in [0.25, 0.3) is 11.1 Å². The van der Waals surface area contributed by atoms with Crippen molar-refractivity contribution in [1.82, 2.24) is 0 Å². The highest BCUT2D eigenvalue weighted by molar-refractivity contribution is 7.55. The molecule has 0 aliphatic rings. The molecule has 3 aromatic carbocycles. The summed E-state index contributed by atoms with van der Waals surface area (Å²) in [5, 5.41) is 2.29. The Morgan fingerprint density at radius 2 is 1.30 bits per heavy atom. The molecule has 0 fully saturated rings. The van der Waals surface area contributed by atoms with Gasteiger partial charge in [0, 0.05) is 5.56 Å². The van der Waals surface area contributed by atoms with Crippen molar-refractivity contribution in [1.29, 1.82) is 0 Å². The molecule has 0 aromatic heterocycles. The van der Waals surface area contributed by atoms with Crippen LogP contribution in [0.15, 0.2) is 72.8 Å². The van der Waals surface area contributed by atoms with E-state index in [1.165, 1.54) is 57.7 Å². The van der Waals surface area contributed by atoms with Gasteiger partial charge in [-0.2, -0.15) is 17.6 Å². The summed E-state index contributed by atoms with van der Waals surface area (Å²) in [6, 6.07) is 18.1. The number of hydrogen-bond donors (Lipinski definition) is 1. The number of alkyl halides is 4. The second kappa shape index (κ2) is 16.2. The summed E-state index contributed by atoms with van der Waals surface area (Å²) in [6.07, 6.45) is 7.09. The van der Waals surface area contributed by atoms with Crippen LogP contribution in [0.1, 0.15) is 75.2 Å². The second-order valence-corrected chi connectivity index (χ2v) is 12.2. The van der Waals surface area contributed by atoms with E-state index in [9.17, 15) is 9.36 Å². The Kier molecular flexibility index (Phi) is 13.0. The van der Waals surface area contributed by atoms with E-state index >= 15 is 17.6 Å². The number of halogens is 4. The maximum Gasteiger partial charge on any atom is 0.412 e.